The van der Waals surface area contributed by atoms with Crippen molar-refractivity contribution in [1.29, 1.82) is 5.26 Å². The topological polar surface area (TPSA) is 101 Å². The fraction of sp³-hybridized carbons (Fsp3) is 0.235. The number of hydrogen-bond acceptors (Lipinski definition) is 7. The van der Waals surface area contributed by atoms with Crippen LogP contribution in [0.5, 0.6) is 0 Å². The Morgan fingerprint density at radius 3 is 2.42 bits per heavy atom. The van der Waals surface area contributed by atoms with Crippen LogP contribution in [0.25, 0.3) is 21.8 Å². The molecule has 120 valence electrons. The van der Waals surface area contributed by atoms with Gasteiger partial charge in [-0.1, -0.05) is 20.8 Å². The van der Waals surface area contributed by atoms with Crippen molar-refractivity contribution in [3.05, 3.63) is 41.4 Å². The molecule has 0 saturated carbocycles. The number of nitrogens with zero attached hydrogens (tertiary/aromatic N) is 5. The summed E-state index contributed by atoms with van der Waals surface area (Å²) >= 11 is 1.46. The van der Waals surface area contributed by atoms with Crippen molar-refractivity contribution < 1.29 is 0 Å². The minimum atomic E-state index is -0.139. The lowest BCUT2D eigenvalue weighted by molar-refractivity contribution is 0.545. The average molecular weight is 336 g/mol. The molecule has 24 heavy (non-hydrogen) atoms. The van der Waals surface area contributed by atoms with E-state index in [9.17, 15) is 5.26 Å². The molecule has 0 fully saturated rings. The summed E-state index contributed by atoms with van der Waals surface area (Å²) in [6, 6.07) is 3.93. The van der Waals surface area contributed by atoms with Crippen LogP contribution >= 0.6 is 11.3 Å². The number of nitrogen functional groups attached to an aromatic ring is 1. The van der Waals surface area contributed by atoms with Gasteiger partial charge in [0.05, 0.1) is 0 Å². The molecule has 0 spiro atoms. The second kappa shape index (κ2) is 5.98. The molecule has 0 saturated heterocycles. The van der Waals surface area contributed by atoms with Crippen molar-refractivity contribution in [1.82, 2.24) is 19.9 Å². The molecule has 6 nitrogen and oxygen atoms in total. The fourth-order valence-electron chi connectivity index (χ4n) is 2.22. The van der Waals surface area contributed by atoms with Gasteiger partial charge in [-0.05, 0) is 6.07 Å². The van der Waals surface area contributed by atoms with Crippen molar-refractivity contribution >= 4 is 17.2 Å². The van der Waals surface area contributed by atoms with E-state index in [0.717, 1.165) is 16.4 Å². The first-order valence-electron chi connectivity index (χ1n) is 7.33. The first-order valence-corrected chi connectivity index (χ1v) is 8.21. The molecule has 0 aliphatic carbocycles. The Labute approximate surface area is 144 Å². The van der Waals surface area contributed by atoms with Gasteiger partial charge in [-0.2, -0.15) is 5.26 Å². The van der Waals surface area contributed by atoms with Gasteiger partial charge in [-0.3, -0.25) is 0 Å². The summed E-state index contributed by atoms with van der Waals surface area (Å²) in [6.07, 6.45) is 5.14. The summed E-state index contributed by atoms with van der Waals surface area (Å²) in [4.78, 5) is 17.4. The lowest BCUT2D eigenvalue weighted by atomic mass is 9.95. The van der Waals surface area contributed by atoms with E-state index in [4.69, 9.17) is 5.73 Å². The minimum Gasteiger partial charge on any atom is -0.383 e. The van der Waals surface area contributed by atoms with Gasteiger partial charge in [-0.15, -0.1) is 11.3 Å². The third-order valence-electron chi connectivity index (χ3n) is 3.44. The molecule has 7 heteroatoms. The number of aromatic nitrogens is 4. The van der Waals surface area contributed by atoms with Crippen LogP contribution in [0.4, 0.5) is 5.82 Å². The summed E-state index contributed by atoms with van der Waals surface area (Å²) in [5.74, 6) is 0.923. The number of nitriles is 1. The van der Waals surface area contributed by atoms with Gasteiger partial charge in [-0.25, -0.2) is 19.9 Å². The molecule has 0 unspecified atom stereocenters. The van der Waals surface area contributed by atoms with Crippen molar-refractivity contribution in [2.75, 3.05) is 5.73 Å². The zero-order valence-electron chi connectivity index (χ0n) is 13.6. The number of thiazole rings is 1. The highest BCUT2D eigenvalue weighted by molar-refractivity contribution is 7.13. The van der Waals surface area contributed by atoms with Crippen molar-refractivity contribution in [2.24, 2.45) is 0 Å². The number of nitrogens with two attached hydrogens (primary N) is 1. The molecule has 0 aromatic carbocycles. The van der Waals surface area contributed by atoms with Crippen LogP contribution in [0.1, 0.15) is 32.2 Å². The summed E-state index contributed by atoms with van der Waals surface area (Å²) in [5.41, 5.74) is 8.19. The van der Waals surface area contributed by atoms with Crippen LogP contribution in [0.3, 0.4) is 0 Å². The second-order valence-corrected chi connectivity index (χ2v) is 7.20. The lowest BCUT2D eigenvalue weighted by Gasteiger charge is -2.16. The molecule has 3 heterocycles. The molecule has 0 bridgehead atoms. The van der Waals surface area contributed by atoms with E-state index in [1.807, 2.05) is 32.2 Å². The zero-order chi connectivity index (χ0) is 17.3. The Morgan fingerprint density at radius 2 is 1.88 bits per heavy atom. The van der Waals surface area contributed by atoms with Gasteiger partial charge in [0, 0.05) is 40.5 Å². The summed E-state index contributed by atoms with van der Waals surface area (Å²) < 4.78 is 0. The second-order valence-electron chi connectivity index (χ2n) is 6.31. The number of anilines is 1. The maximum Gasteiger partial charge on any atom is 0.142 e. The standard InChI is InChI=1S/C17H16N6S/c1-17(2,3)16-21-8-10(9-22-16)11-6-13(15-20-4-5-24-15)23-14(19)12(11)7-18/h4-6,8-9H,1-3H3,(H2,19,23). The van der Waals surface area contributed by atoms with Gasteiger partial charge < -0.3 is 5.73 Å². The first kappa shape index (κ1) is 16.0. The third-order valence-corrected chi connectivity index (χ3v) is 4.24. The number of pyridine rings is 1. The van der Waals surface area contributed by atoms with Crippen LogP contribution in [0.2, 0.25) is 0 Å². The van der Waals surface area contributed by atoms with Gasteiger partial charge in [0.25, 0.3) is 0 Å². The number of hydrogen-bond donors (Lipinski definition) is 1. The molecule has 0 aliphatic heterocycles. The predicted octanol–water partition coefficient (Wildman–Crippen LogP) is 3.41. The SMILES string of the molecule is CC(C)(C)c1ncc(-c2cc(-c3nccs3)nc(N)c2C#N)cn1. The van der Waals surface area contributed by atoms with Gasteiger partial charge in [0.2, 0.25) is 0 Å². The van der Waals surface area contributed by atoms with E-state index in [1.54, 1.807) is 18.6 Å². The van der Waals surface area contributed by atoms with Crippen molar-refractivity contribution in [2.45, 2.75) is 26.2 Å². The first-order chi connectivity index (χ1) is 11.4. The smallest absolute Gasteiger partial charge is 0.142 e. The summed E-state index contributed by atoms with van der Waals surface area (Å²) in [5, 5.41) is 12.1. The average Bonchev–Trinajstić information content (AvgIpc) is 3.08. The Hall–Kier alpha value is -2.85. The molecule has 0 amide bonds. The highest BCUT2D eigenvalue weighted by Crippen LogP contribution is 2.31. The maximum atomic E-state index is 9.44. The van der Waals surface area contributed by atoms with Crippen molar-refractivity contribution in [3.8, 4) is 27.9 Å². The monoisotopic (exact) mass is 336 g/mol. The van der Waals surface area contributed by atoms with Crippen LogP contribution in [-0.2, 0) is 5.41 Å². The Bertz CT molecular complexity index is 902. The highest BCUT2D eigenvalue weighted by atomic mass is 32.1. The molecule has 3 aromatic rings. The van der Waals surface area contributed by atoms with E-state index in [2.05, 4.69) is 26.0 Å². The van der Waals surface area contributed by atoms with Crippen LogP contribution in [0, 0.1) is 11.3 Å². The van der Waals surface area contributed by atoms with E-state index in [1.165, 1.54) is 11.3 Å². The van der Waals surface area contributed by atoms with Crippen molar-refractivity contribution in [3.63, 3.8) is 0 Å². The Kier molecular flexibility index (Phi) is 3.99. The van der Waals surface area contributed by atoms with Gasteiger partial charge >= 0.3 is 0 Å². The van der Waals surface area contributed by atoms with Gasteiger partial charge in [0.15, 0.2) is 0 Å². The third kappa shape index (κ3) is 2.96. The number of rotatable bonds is 2. The molecule has 3 rings (SSSR count). The summed E-state index contributed by atoms with van der Waals surface area (Å²) in [6.45, 7) is 6.15. The highest BCUT2D eigenvalue weighted by Gasteiger charge is 2.19. The van der Waals surface area contributed by atoms with E-state index < -0.39 is 0 Å². The normalized spacial score (nSPS) is 11.2. The summed E-state index contributed by atoms with van der Waals surface area (Å²) in [7, 11) is 0. The molecule has 0 radical (unpaired) electrons. The van der Waals surface area contributed by atoms with E-state index in [-0.39, 0.29) is 11.2 Å². The van der Waals surface area contributed by atoms with E-state index >= 15 is 0 Å². The molecular formula is C17H16N6S. The zero-order valence-corrected chi connectivity index (χ0v) is 14.4. The van der Waals surface area contributed by atoms with E-state index in [0.29, 0.717) is 16.8 Å². The van der Waals surface area contributed by atoms with Gasteiger partial charge in [0.1, 0.15) is 34.0 Å². The van der Waals surface area contributed by atoms with Crippen LogP contribution in [-0.4, -0.2) is 19.9 Å². The minimum absolute atomic E-state index is 0.139. The molecule has 2 N–H and O–H groups in total. The quantitative estimate of drug-likeness (QED) is 0.769. The lowest BCUT2D eigenvalue weighted by Crippen LogP contribution is -2.15. The molecular weight excluding hydrogens is 320 g/mol. The van der Waals surface area contributed by atoms with Crippen LogP contribution < -0.4 is 5.73 Å². The molecule has 0 atom stereocenters. The fourth-order valence-corrected chi connectivity index (χ4v) is 2.82. The Balaban J connectivity index is 2.14. The van der Waals surface area contributed by atoms with Crippen LogP contribution in [0.15, 0.2) is 30.0 Å². The maximum absolute atomic E-state index is 9.44. The largest absolute Gasteiger partial charge is 0.383 e. The predicted molar refractivity (Wildman–Crippen MR) is 94.2 cm³/mol. The Morgan fingerprint density at radius 1 is 1.17 bits per heavy atom. The molecule has 0 aliphatic rings. The molecule has 3 aromatic heterocycles.